The first-order valence-electron chi connectivity index (χ1n) is 10.0. The zero-order valence-electron chi connectivity index (χ0n) is 18.0. The van der Waals surface area contributed by atoms with Crippen LogP contribution in [0.4, 0.5) is 0 Å². The van der Waals surface area contributed by atoms with E-state index in [0.717, 1.165) is 39.7 Å². The number of hydrogen-bond donors (Lipinski definition) is 2. The molecule has 0 saturated carbocycles. The highest BCUT2D eigenvalue weighted by Crippen LogP contribution is 2.17. The summed E-state index contributed by atoms with van der Waals surface area (Å²) < 4.78 is 1.99. The first kappa shape index (κ1) is 22.7. The molecule has 0 aliphatic rings. The minimum atomic E-state index is 0. The van der Waals surface area contributed by atoms with Crippen molar-refractivity contribution >= 4 is 40.7 Å². The van der Waals surface area contributed by atoms with Crippen molar-refractivity contribution in [3.8, 4) is 5.69 Å². The number of nitrogens with one attached hydrogen (secondary N) is 2. The van der Waals surface area contributed by atoms with E-state index in [1.165, 1.54) is 5.39 Å². The summed E-state index contributed by atoms with van der Waals surface area (Å²) in [5.74, 6) is 0.730. The third-order valence-electron chi connectivity index (χ3n) is 5.08. The molecule has 6 nitrogen and oxygen atoms in total. The summed E-state index contributed by atoms with van der Waals surface area (Å²) in [6.07, 6.45) is 1.85. The van der Waals surface area contributed by atoms with Crippen molar-refractivity contribution in [2.75, 3.05) is 7.05 Å². The van der Waals surface area contributed by atoms with Gasteiger partial charge in [0.25, 0.3) is 0 Å². The van der Waals surface area contributed by atoms with E-state index in [4.69, 9.17) is 0 Å². The first-order valence-corrected chi connectivity index (χ1v) is 10.0. The molecule has 31 heavy (non-hydrogen) atoms. The molecule has 7 heteroatoms. The molecule has 2 aromatic carbocycles. The lowest BCUT2D eigenvalue weighted by molar-refractivity contribution is 0.777. The summed E-state index contributed by atoms with van der Waals surface area (Å²) in [5, 5.41) is 13.8. The molecule has 4 aromatic rings. The molecular weight excluding hydrogens is 499 g/mol. The van der Waals surface area contributed by atoms with Crippen molar-refractivity contribution in [1.29, 1.82) is 0 Å². The molecule has 0 fully saturated rings. The molecule has 2 N–H and O–H groups in total. The Morgan fingerprint density at radius 1 is 0.968 bits per heavy atom. The summed E-state index contributed by atoms with van der Waals surface area (Å²) in [6.45, 7) is 5.32. The van der Waals surface area contributed by atoms with E-state index < -0.39 is 0 Å². The number of fused-ring (bicyclic) bond motifs is 1. The fraction of sp³-hybridized carbons (Fsp3) is 0.208. The number of aryl methyl sites for hydroxylation is 2. The van der Waals surface area contributed by atoms with Crippen LogP contribution >= 0.6 is 24.0 Å². The normalized spacial score (nSPS) is 11.3. The van der Waals surface area contributed by atoms with Gasteiger partial charge in [-0.1, -0.05) is 42.5 Å². The molecule has 0 bridgehead atoms. The maximum absolute atomic E-state index is 4.63. The molecule has 0 aliphatic carbocycles. The van der Waals surface area contributed by atoms with Crippen LogP contribution in [-0.4, -0.2) is 27.8 Å². The van der Waals surface area contributed by atoms with E-state index in [-0.39, 0.29) is 24.0 Å². The first-order chi connectivity index (χ1) is 14.7. The largest absolute Gasteiger partial charge is 0.352 e. The number of para-hydroxylation sites is 1. The van der Waals surface area contributed by atoms with Gasteiger partial charge in [-0.25, -0.2) is 4.68 Å². The quantitative estimate of drug-likeness (QED) is 0.228. The third kappa shape index (κ3) is 5.22. The zero-order chi connectivity index (χ0) is 20.9. The minimum absolute atomic E-state index is 0. The van der Waals surface area contributed by atoms with Crippen molar-refractivity contribution < 1.29 is 0 Å². The Morgan fingerprint density at radius 3 is 2.48 bits per heavy atom. The van der Waals surface area contributed by atoms with Crippen LogP contribution in [0, 0.1) is 13.8 Å². The van der Waals surface area contributed by atoms with Gasteiger partial charge in [0.2, 0.25) is 0 Å². The fourth-order valence-electron chi connectivity index (χ4n) is 3.63. The molecule has 2 aromatic heterocycles. The molecule has 0 spiro atoms. The smallest absolute Gasteiger partial charge is 0.191 e. The van der Waals surface area contributed by atoms with Crippen LogP contribution in [0.5, 0.6) is 0 Å². The molecule has 0 amide bonds. The second-order valence-electron chi connectivity index (χ2n) is 7.23. The van der Waals surface area contributed by atoms with Crippen LogP contribution in [-0.2, 0) is 13.1 Å². The van der Waals surface area contributed by atoms with Crippen molar-refractivity contribution in [2.24, 2.45) is 4.99 Å². The lowest BCUT2D eigenvalue weighted by Crippen LogP contribution is -2.36. The lowest BCUT2D eigenvalue weighted by Gasteiger charge is -2.15. The van der Waals surface area contributed by atoms with Crippen molar-refractivity contribution in [1.82, 2.24) is 25.4 Å². The number of guanidine groups is 1. The Balaban J connectivity index is 0.00000272. The van der Waals surface area contributed by atoms with Crippen LogP contribution in [0.3, 0.4) is 0 Å². The van der Waals surface area contributed by atoms with Gasteiger partial charge in [-0.2, -0.15) is 5.10 Å². The molecule has 0 aliphatic heterocycles. The lowest BCUT2D eigenvalue weighted by atomic mass is 10.1. The van der Waals surface area contributed by atoms with E-state index in [2.05, 4.69) is 63.0 Å². The summed E-state index contributed by atoms with van der Waals surface area (Å²) in [4.78, 5) is 8.91. The van der Waals surface area contributed by atoms with Crippen LogP contribution in [0.1, 0.15) is 22.6 Å². The van der Waals surface area contributed by atoms with Gasteiger partial charge in [0.05, 0.1) is 23.6 Å². The Morgan fingerprint density at radius 2 is 1.71 bits per heavy atom. The van der Waals surface area contributed by atoms with E-state index in [0.29, 0.717) is 13.1 Å². The second-order valence-corrected chi connectivity index (χ2v) is 7.23. The monoisotopic (exact) mass is 526 g/mol. The Labute approximate surface area is 199 Å². The van der Waals surface area contributed by atoms with Crippen LogP contribution in [0.15, 0.2) is 71.9 Å². The summed E-state index contributed by atoms with van der Waals surface area (Å²) in [7, 11) is 1.78. The Bertz CT molecular complexity index is 1190. The van der Waals surface area contributed by atoms with Crippen molar-refractivity contribution in [2.45, 2.75) is 26.9 Å². The maximum Gasteiger partial charge on any atom is 0.191 e. The van der Waals surface area contributed by atoms with Gasteiger partial charge in [0.1, 0.15) is 0 Å². The summed E-state index contributed by atoms with van der Waals surface area (Å²) in [5.41, 5.74) is 5.34. The maximum atomic E-state index is 4.63. The highest BCUT2D eigenvalue weighted by Gasteiger charge is 2.10. The molecule has 0 unspecified atom stereocenters. The molecule has 0 radical (unpaired) electrons. The molecule has 0 atom stereocenters. The number of aromatic nitrogens is 3. The van der Waals surface area contributed by atoms with Gasteiger partial charge in [0.15, 0.2) is 5.96 Å². The molecule has 4 rings (SSSR count). The van der Waals surface area contributed by atoms with E-state index in [1.807, 2.05) is 48.1 Å². The Kier molecular flexibility index (Phi) is 7.62. The van der Waals surface area contributed by atoms with Crippen LogP contribution < -0.4 is 10.6 Å². The van der Waals surface area contributed by atoms with Crippen LogP contribution in [0.25, 0.3) is 16.5 Å². The number of benzene rings is 2. The predicted molar refractivity (Wildman–Crippen MR) is 137 cm³/mol. The molecule has 2 heterocycles. The van der Waals surface area contributed by atoms with E-state index in [1.54, 1.807) is 7.05 Å². The third-order valence-corrected chi connectivity index (χ3v) is 5.08. The van der Waals surface area contributed by atoms with Gasteiger partial charge in [-0.15, -0.1) is 24.0 Å². The Hall–Kier alpha value is -2.94. The zero-order valence-corrected chi connectivity index (χ0v) is 20.3. The van der Waals surface area contributed by atoms with E-state index in [9.17, 15) is 0 Å². The topological polar surface area (TPSA) is 67.1 Å². The highest BCUT2D eigenvalue weighted by molar-refractivity contribution is 14.0. The number of hydrogen-bond acceptors (Lipinski definition) is 3. The predicted octanol–water partition coefficient (Wildman–Crippen LogP) is 4.52. The number of rotatable bonds is 5. The molecule has 160 valence electrons. The second kappa shape index (κ2) is 10.4. The number of aliphatic imine (C=N–C) groups is 1. The SMILES string of the molecule is CN=C(NCc1ccccc1-n1nc(C)cc1C)NCc1nccc2ccccc12.I. The molecule has 0 saturated heterocycles. The van der Waals surface area contributed by atoms with Crippen LogP contribution in [0.2, 0.25) is 0 Å². The van der Waals surface area contributed by atoms with Gasteiger partial charge in [0, 0.05) is 30.9 Å². The highest BCUT2D eigenvalue weighted by atomic mass is 127. The van der Waals surface area contributed by atoms with Gasteiger partial charge in [-0.05, 0) is 43.0 Å². The van der Waals surface area contributed by atoms with Gasteiger partial charge in [-0.3, -0.25) is 9.98 Å². The van der Waals surface area contributed by atoms with Crippen molar-refractivity contribution in [3.63, 3.8) is 0 Å². The number of nitrogens with zero attached hydrogens (tertiary/aromatic N) is 4. The average molecular weight is 526 g/mol. The summed E-state index contributed by atoms with van der Waals surface area (Å²) in [6, 6.07) is 20.7. The average Bonchev–Trinajstić information content (AvgIpc) is 3.11. The van der Waals surface area contributed by atoms with E-state index >= 15 is 0 Å². The standard InChI is InChI=1S/C24H26N6.HI/c1-17-14-18(2)30(29-17)23-11-7-5-9-20(23)15-27-24(25-3)28-16-22-21-10-6-4-8-19(21)12-13-26-22;/h4-14H,15-16H2,1-3H3,(H2,25,27,28);1H. The fourth-order valence-corrected chi connectivity index (χ4v) is 3.63. The number of halogens is 1. The number of pyridine rings is 1. The minimum Gasteiger partial charge on any atom is -0.352 e. The molecular formula is C24H27IN6. The van der Waals surface area contributed by atoms with Gasteiger partial charge >= 0.3 is 0 Å². The summed E-state index contributed by atoms with van der Waals surface area (Å²) >= 11 is 0. The van der Waals surface area contributed by atoms with Crippen molar-refractivity contribution in [3.05, 3.63) is 89.5 Å². The van der Waals surface area contributed by atoms with Gasteiger partial charge < -0.3 is 10.6 Å².